The third-order valence-corrected chi connectivity index (χ3v) is 3.11. The van der Waals surface area contributed by atoms with Crippen LogP contribution in [0.2, 0.25) is 0 Å². The Morgan fingerprint density at radius 2 is 1.88 bits per heavy atom. The molecular formula is C12H26N2O2. The highest BCUT2D eigenvalue weighted by atomic mass is 16.3. The second-order valence-corrected chi connectivity index (χ2v) is 4.87. The summed E-state index contributed by atoms with van der Waals surface area (Å²) in [6, 6.07) is -0.482. The number of nitrogens with one attached hydrogen (secondary N) is 1. The second-order valence-electron chi connectivity index (χ2n) is 4.87. The Morgan fingerprint density at radius 1 is 1.38 bits per heavy atom. The summed E-state index contributed by atoms with van der Waals surface area (Å²) in [4.78, 5) is 11.8. The standard InChI is InChI=1S/C12H26N2O2/c1-5-12(6-2,8-15)14-11(16)10(13)7-9(3)4/h9-10,15H,5-8,13H2,1-4H3,(H,14,16)/t10-/m0/s1. The molecule has 0 saturated heterocycles. The van der Waals surface area contributed by atoms with Gasteiger partial charge in [0.05, 0.1) is 18.2 Å². The van der Waals surface area contributed by atoms with Gasteiger partial charge < -0.3 is 16.2 Å². The minimum atomic E-state index is -0.508. The first kappa shape index (κ1) is 15.4. The lowest BCUT2D eigenvalue weighted by molar-refractivity contribution is -0.125. The van der Waals surface area contributed by atoms with Crippen molar-refractivity contribution in [3.8, 4) is 0 Å². The molecule has 0 aliphatic heterocycles. The topological polar surface area (TPSA) is 75.3 Å². The van der Waals surface area contributed by atoms with Gasteiger partial charge in [0.15, 0.2) is 0 Å². The molecule has 0 unspecified atom stereocenters. The summed E-state index contributed by atoms with van der Waals surface area (Å²) in [6.45, 7) is 7.93. The molecule has 1 amide bonds. The van der Waals surface area contributed by atoms with E-state index >= 15 is 0 Å². The van der Waals surface area contributed by atoms with Crippen molar-refractivity contribution in [2.75, 3.05) is 6.61 Å². The predicted molar refractivity (Wildman–Crippen MR) is 66.0 cm³/mol. The fourth-order valence-electron chi connectivity index (χ4n) is 1.66. The minimum absolute atomic E-state index is 0.0415. The van der Waals surface area contributed by atoms with E-state index in [1.807, 2.05) is 27.7 Å². The maximum Gasteiger partial charge on any atom is 0.237 e. The third-order valence-electron chi connectivity index (χ3n) is 3.11. The number of amides is 1. The second kappa shape index (κ2) is 6.86. The van der Waals surface area contributed by atoms with E-state index in [2.05, 4.69) is 5.32 Å². The van der Waals surface area contributed by atoms with Crippen molar-refractivity contribution in [3.63, 3.8) is 0 Å². The Hall–Kier alpha value is -0.610. The van der Waals surface area contributed by atoms with E-state index < -0.39 is 11.6 Å². The van der Waals surface area contributed by atoms with Crippen molar-refractivity contribution in [1.82, 2.24) is 5.32 Å². The van der Waals surface area contributed by atoms with Crippen LogP contribution >= 0.6 is 0 Å². The van der Waals surface area contributed by atoms with Crippen molar-refractivity contribution in [3.05, 3.63) is 0 Å². The first-order valence-corrected chi connectivity index (χ1v) is 6.09. The van der Waals surface area contributed by atoms with Crippen LogP contribution in [-0.4, -0.2) is 29.2 Å². The number of aliphatic hydroxyl groups is 1. The fraction of sp³-hybridized carbons (Fsp3) is 0.917. The van der Waals surface area contributed by atoms with E-state index in [9.17, 15) is 9.90 Å². The van der Waals surface area contributed by atoms with E-state index in [0.717, 1.165) is 0 Å². The number of aliphatic hydroxyl groups excluding tert-OH is 1. The monoisotopic (exact) mass is 230 g/mol. The van der Waals surface area contributed by atoms with Crippen LogP contribution in [0.25, 0.3) is 0 Å². The first-order chi connectivity index (χ1) is 7.40. The van der Waals surface area contributed by atoms with Crippen LogP contribution in [0.4, 0.5) is 0 Å². The highest BCUT2D eigenvalue weighted by Crippen LogP contribution is 2.14. The van der Waals surface area contributed by atoms with Gasteiger partial charge in [-0.25, -0.2) is 0 Å². The molecule has 1 atom stereocenters. The van der Waals surface area contributed by atoms with E-state index in [1.165, 1.54) is 0 Å². The molecule has 0 aliphatic carbocycles. The Balaban J connectivity index is 4.40. The summed E-state index contributed by atoms with van der Waals surface area (Å²) in [5, 5.41) is 12.2. The van der Waals surface area contributed by atoms with Crippen molar-refractivity contribution < 1.29 is 9.90 Å². The van der Waals surface area contributed by atoms with Gasteiger partial charge in [0, 0.05) is 0 Å². The van der Waals surface area contributed by atoms with Gasteiger partial charge in [0.25, 0.3) is 0 Å². The van der Waals surface area contributed by atoms with Crippen LogP contribution in [-0.2, 0) is 4.79 Å². The number of carbonyl (C=O) groups is 1. The van der Waals surface area contributed by atoms with Gasteiger partial charge in [-0.05, 0) is 25.2 Å². The van der Waals surface area contributed by atoms with Gasteiger partial charge in [-0.1, -0.05) is 27.7 Å². The molecule has 4 heteroatoms. The maximum atomic E-state index is 11.8. The van der Waals surface area contributed by atoms with Crippen LogP contribution in [0.15, 0.2) is 0 Å². The van der Waals surface area contributed by atoms with Crippen LogP contribution in [0.1, 0.15) is 47.0 Å². The zero-order valence-corrected chi connectivity index (χ0v) is 10.9. The van der Waals surface area contributed by atoms with Gasteiger partial charge in [-0.15, -0.1) is 0 Å². The lowest BCUT2D eigenvalue weighted by Crippen LogP contribution is -2.55. The predicted octanol–water partition coefficient (Wildman–Crippen LogP) is 1.03. The van der Waals surface area contributed by atoms with Gasteiger partial charge in [-0.3, -0.25) is 4.79 Å². The molecule has 4 nitrogen and oxygen atoms in total. The van der Waals surface area contributed by atoms with Crippen molar-refractivity contribution >= 4 is 5.91 Å². The minimum Gasteiger partial charge on any atom is -0.394 e. The van der Waals surface area contributed by atoms with Gasteiger partial charge >= 0.3 is 0 Å². The van der Waals surface area contributed by atoms with Crippen LogP contribution < -0.4 is 11.1 Å². The van der Waals surface area contributed by atoms with Crippen molar-refractivity contribution in [2.24, 2.45) is 11.7 Å². The summed E-state index contributed by atoms with van der Waals surface area (Å²) in [5.74, 6) is 0.235. The van der Waals surface area contributed by atoms with E-state index in [1.54, 1.807) is 0 Å². The Kier molecular flexibility index (Phi) is 6.60. The van der Waals surface area contributed by atoms with Gasteiger partial charge in [0.2, 0.25) is 5.91 Å². The molecule has 0 saturated carbocycles. The molecule has 96 valence electrons. The third kappa shape index (κ3) is 4.49. The summed E-state index contributed by atoms with van der Waals surface area (Å²) >= 11 is 0. The molecule has 16 heavy (non-hydrogen) atoms. The average molecular weight is 230 g/mol. The first-order valence-electron chi connectivity index (χ1n) is 6.09. The van der Waals surface area contributed by atoms with Crippen LogP contribution in [0.5, 0.6) is 0 Å². The summed E-state index contributed by atoms with van der Waals surface area (Å²) < 4.78 is 0. The largest absolute Gasteiger partial charge is 0.394 e. The summed E-state index contributed by atoms with van der Waals surface area (Å²) in [5.41, 5.74) is 5.29. The lowest BCUT2D eigenvalue weighted by Gasteiger charge is -2.32. The molecule has 4 N–H and O–H groups in total. The van der Waals surface area contributed by atoms with E-state index in [-0.39, 0.29) is 12.5 Å². The highest BCUT2D eigenvalue weighted by molar-refractivity contribution is 5.82. The number of carbonyl (C=O) groups excluding carboxylic acids is 1. The summed E-state index contributed by atoms with van der Waals surface area (Å²) in [6.07, 6.45) is 2.08. The number of rotatable bonds is 7. The molecule has 0 aliphatic rings. The molecular weight excluding hydrogens is 204 g/mol. The lowest BCUT2D eigenvalue weighted by atomic mass is 9.93. The quantitative estimate of drug-likeness (QED) is 0.611. The Morgan fingerprint density at radius 3 is 2.19 bits per heavy atom. The van der Waals surface area contributed by atoms with Crippen molar-refractivity contribution in [2.45, 2.75) is 58.5 Å². The maximum absolute atomic E-state index is 11.8. The van der Waals surface area contributed by atoms with Gasteiger partial charge in [-0.2, -0.15) is 0 Å². The van der Waals surface area contributed by atoms with E-state index in [0.29, 0.717) is 25.2 Å². The summed E-state index contributed by atoms with van der Waals surface area (Å²) in [7, 11) is 0. The SMILES string of the molecule is CCC(CC)(CO)NC(=O)[C@@H](N)CC(C)C. The number of nitrogens with two attached hydrogens (primary N) is 1. The van der Waals surface area contributed by atoms with E-state index in [4.69, 9.17) is 5.73 Å². The Labute approximate surface area is 98.6 Å². The van der Waals surface area contributed by atoms with Crippen LogP contribution in [0.3, 0.4) is 0 Å². The Bertz CT molecular complexity index is 205. The smallest absolute Gasteiger partial charge is 0.237 e. The number of hydrogen-bond donors (Lipinski definition) is 3. The zero-order chi connectivity index (χ0) is 12.8. The molecule has 0 aromatic rings. The zero-order valence-electron chi connectivity index (χ0n) is 10.9. The molecule has 0 aromatic carbocycles. The molecule has 0 spiro atoms. The molecule has 0 heterocycles. The normalized spacial score (nSPS) is 13.9. The van der Waals surface area contributed by atoms with Gasteiger partial charge in [0.1, 0.15) is 0 Å². The van der Waals surface area contributed by atoms with Crippen LogP contribution in [0, 0.1) is 5.92 Å². The molecule has 0 bridgehead atoms. The van der Waals surface area contributed by atoms with Crippen molar-refractivity contribution in [1.29, 1.82) is 0 Å². The molecule has 0 aromatic heterocycles. The fourth-order valence-corrected chi connectivity index (χ4v) is 1.66. The highest BCUT2D eigenvalue weighted by Gasteiger charge is 2.29. The average Bonchev–Trinajstić information content (AvgIpc) is 2.25. The molecule has 0 rings (SSSR count). The molecule has 0 fully saturated rings. The number of hydrogen-bond acceptors (Lipinski definition) is 3. The molecule has 0 radical (unpaired) electrons.